The number of ether oxygens (including phenoxy) is 1. The third-order valence-corrected chi connectivity index (χ3v) is 4.95. The fourth-order valence-electron chi connectivity index (χ4n) is 3.10. The maximum atomic E-state index is 12.3. The van der Waals surface area contributed by atoms with Gasteiger partial charge in [-0.2, -0.15) is 0 Å². The summed E-state index contributed by atoms with van der Waals surface area (Å²) in [5.74, 6) is 0.608. The molecule has 0 saturated carbocycles. The molecule has 0 radical (unpaired) electrons. The van der Waals surface area contributed by atoms with E-state index in [1.54, 1.807) is 0 Å². The van der Waals surface area contributed by atoms with Crippen molar-refractivity contribution in [3.05, 3.63) is 58.2 Å². The van der Waals surface area contributed by atoms with Crippen molar-refractivity contribution in [3.8, 4) is 5.75 Å². The normalized spacial score (nSPS) is 13.1. The summed E-state index contributed by atoms with van der Waals surface area (Å²) < 4.78 is 6.68. The van der Waals surface area contributed by atoms with E-state index in [9.17, 15) is 9.59 Å². The number of H-pyrrole nitrogens is 1. The van der Waals surface area contributed by atoms with Gasteiger partial charge in [0.1, 0.15) is 18.1 Å². The number of nitrogens with one attached hydrogen (secondary N) is 3. The summed E-state index contributed by atoms with van der Waals surface area (Å²) >= 11 is 3.42. The van der Waals surface area contributed by atoms with Gasteiger partial charge in [-0.25, -0.2) is 0 Å². The Morgan fingerprint density at radius 1 is 1.15 bits per heavy atom. The van der Waals surface area contributed by atoms with Gasteiger partial charge in [-0.3, -0.25) is 9.59 Å². The summed E-state index contributed by atoms with van der Waals surface area (Å²) in [5, 5.41) is 6.68. The fraction of sp³-hybridized carbons (Fsp3) is 0.200. The summed E-state index contributed by atoms with van der Waals surface area (Å²) in [7, 11) is 0. The van der Waals surface area contributed by atoms with Gasteiger partial charge in [0, 0.05) is 27.5 Å². The largest absolute Gasteiger partial charge is 0.492 e. The van der Waals surface area contributed by atoms with Crippen LogP contribution in [0.5, 0.6) is 5.75 Å². The first-order valence-corrected chi connectivity index (χ1v) is 9.50. The van der Waals surface area contributed by atoms with Crippen LogP contribution >= 0.6 is 15.9 Å². The SMILES string of the molecule is O=C1CCc2cc(OCCNC(=O)c3cc4ccc(Br)cc4[nH]3)ccc2N1. The molecule has 0 bridgehead atoms. The van der Waals surface area contributed by atoms with Crippen molar-refractivity contribution in [1.82, 2.24) is 10.3 Å². The Morgan fingerprint density at radius 3 is 2.93 bits per heavy atom. The summed E-state index contributed by atoms with van der Waals surface area (Å²) in [6.07, 6.45) is 1.21. The number of rotatable bonds is 5. The Labute approximate surface area is 164 Å². The second-order valence-corrected chi connectivity index (χ2v) is 7.30. The molecule has 2 aromatic carbocycles. The highest BCUT2D eigenvalue weighted by Gasteiger charge is 2.15. The molecule has 3 N–H and O–H groups in total. The number of aryl methyl sites for hydroxylation is 1. The predicted molar refractivity (Wildman–Crippen MR) is 107 cm³/mol. The number of anilines is 1. The minimum atomic E-state index is -0.168. The maximum Gasteiger partial charge on any atom is 0.267 e. The molecule has 138 valence electrons. The van der Waals surface area contributed by atoms with Crippen molar-refractivity contribution in [1.29, 1.82) is 0 Å². The molecular formula is C20H18BrN3O3. The Kier molecular flexibility index (Phi) is 4.85. The van der Waals surface area contributed by atoms with Crippen LogP contribution < -0.4 is 15.4 Å². The molecule has 1 aliphatic heterocycles. The third kappa shape index (κ3) is 3.98. The van der Waals surface area contributed by atoms with Gasteiger partial charge >= 0.3 is 0 Å². The van der Waals surface area contributed by atoms with Gasteiger partial charge in [0.05, 0.1) is 6.54 Å². The number of aromatic amines is 1. The molecule has 3 aromatic rings. The predicted octanol–water partition coefficient (Wildman–Crippen LogP) is 3.62. The van der Waals surface area contributed by atoms with Crippen LogP contribution in [-0.4, -0.2) is 29.9 Å². The Hall–Kier alpha value is -2.80. The Bertz CT molecular complexity index is 1030. The lowest BCUT2D eigenvalue weighted by Crippen LogP contribution is -2.28. The van der Waals surface area contributed by atoms with Crippen LogP contribution in [-0.2, 0) is 11.2 Å². The smallest absolute Gasteiger partial charge is 0.267 e. The van der Waals surface area contributed by atoms with Crippen molar-refractivity contribution in [2.75, 3.05) is 18.5 Å². The molecular weight excluding hydrogens is 410 g/mol. The average molecular weight is 428 g/mol. The summed E-state index contributed by atoms with van der Waals surface area (Å²) in [6.45, 7) is 0.758. The number of amides is 2. The zero-order chi connectivity index (χ0) is 18.8. The molecule has 7 heteroatoms. The van der Waals surface area contributed by atoms with Gasteiger partial charge < -0.3 is 20.4 Å². The van der Waals surface area contributed by atoms with Gasteiger partial charge in [0.2, 0.25) is 5.91 Å². The highest BCUT2D eigenvalue weighted by Crippen LogP contribution is 2.26. The van der Waals surface area contributed by atoms with Gasteiger partial charge in [0.15, 0.2) is 0 Å². The topological polar surface area (TPSA) is 83.2 Å². The van der Waals surface area contributed by atoms with E-state index in [1.165, 1.54) is 0 Å². The lowest BCUT2D eigenvalue weighted by atomic mass is 10.0. The first-order chi connectivity index (χ1) is 13.1. The number of hydrogen-bond acceptors (Lipinski definition) is 3. The molecule has 1 aliphatic rings. The Morgan fingerprint density at radius 2 is 2.04 bits per heavy atom. The third-order valence-electron chi connectivity index (χ3n) is 4.46. The lowest BCUT2D eigenvalue weighted by molar-refractivity contribution is -0.116. The number of carbonyl (C=O) groups excluding carboxylic acids is 2. The van der Waals surface area contributed by atoms with Crippen molar-refractivity contribution in [2.45, 2.75) is 12.8 Å². The van der Waals surface area contributed by atoms with E-state index in [2.05, 4.69) is 31.5 Å². The van der Waals surface area contributed by atoms with Crippen LogP contribution in [0.2, 0.25) is 0 Å². The van der Waals surface area contributed by atoms with Gasteiger partial charge in [-0.1, -0.05) is 22.0 Å². The van der Waals surface area contributed by atoms with Crippen molar-refractivity contribution >= 4 is 44.3 Å². The number of fused-ring (bicyclic) bond motifs is 2. The number of hydrogen-bond donors (Lipinski definition) is 3. The van der Waals surface area contributed by atoms with Gasteiger partial charge in [-0.05, 0) is 48.4 Å². The minimum Gasteiger partial charge on any atom is -0.492 e. The summed E-state index contributed by atoms with van der Waals surface area (Å²) in [4.78, 5) is 26.8. The fourth-order valence-corrected chi connectivity index (χ4v) is 3.46. The molecule has 2 heterocycles. The van der Waals surface area contributed by atoms with Crippen LogP contribution in [0.4, 0.5) is 5.69 Å². The molecule has 0 unspecified atom stereocenters. The van der Waals surface area contributed by atoms with E-state index in [0.717, 1.165) is 32.4 Å². The quantitative estimate of drug-likeness (QED) is 0.543. The molecule has 4 rings (SSSR count). The number of aromatic nitrogens is 1. The molecule has 0 fully saturated rings. The summed E-state index contributed by atoms with van der Waals surface area (Å²) in [5.41, 5.74) is 3.34. The summed E-state index contributed by atoms with van der Waals surface area (Å²) in [6, 6.07) is 13.3. The van der Waals surface area contributed by atoms with E-state index < -0.39 is 0 Å². The molecule has 0 atom stereocenters. The van der Waals surface area contributed by atoms with E-state index in [0.29, 0.717) is 31.7 Å². The van der Waals surface area contributed by atoms with E-state index >= 15 is 0 Å². The zero-order valence-electron chi connectivity index (χ0n) is 14.5. The van der Waals surface area contributed by atoms with Crippen LogP contribution in [0.3, 0.4) is 0 Å². The second-order valence-electron chi connectivity index (χ2n) is 6.39. The van der Waals surface area contributed by atoms with Crippen molar-refractivity contribution in [2.24, 2.45) is 0 Å². The maximum absolute atomic E-state index is 12.3. The van der Waals surface area contributed by atoms with Crippen LogP contribution in [0.15, 0.2) is 46.9 Å². The molecule has 1 aromatic heterocycles. The Balaban J connectivity index is 1.30. The molecule has 27 heavy (non-hydrogen) atoms. The highest BCUT2D eigenvalue weighted by atomic mass is 79.9. The van der Waals surface area contributed by atoms with Crippen LogP contribution in [0.25, 0.3) is 10.9 Å². The molecule has 0 spiro atoms. The number of carbonyl (C=O) groups is 2. The van der Waals surface area contributed by atoms with E-state index in [4.69, 9.17) is 4.74 Å². The van der Waals surface area contributed by atoms with E-state index in [-0.39, 0.29) is 11.8 Å². The van der Waals surface area contributed by atoms with E-state index in [1.807, 2.05) is 42.5 Å². The number of halogens is 1. The lowest BCUT2D eigenvalue weighted by Gasteiger charge is -2.17. The highest BCUT2D eigenvalue weighted by molar-refractivity contribution is 9.10. The molecule has 6 nitrogen and oxygen atoms in total. The van der Waals surface area contributed by atoms with Gasteiger partial charge in [-0.15, -0.1) is 0 Å². The second kappa shape index (κ2) is 7.44. The monoisotopic (exact) mass is 427 g/mol. The zero-order valence-corrected chi connectivity index (χ0v) is 16.1. The van der Waals surface area contributed by atoms with Crippen molar-refractivity contribution < 1.29 is 14.3 Å². The molecule has 0 saturated heterocycles. The van der Waals surface area contributed by atoms with Gasteiger partial charge in [0.25, 0.3) is 5.91 Å². The first-order valence-electron chi connectivity index (χ1n) is 8.70. The van der Waals surface area contributed by atoms with Crippen LogP contribution in [0.1, 0.15) is 22.5 Å². The number of benzene rings is 2. The molecule has 0 aliphatic carbocycles. The standard InChI is InChI=1S/C20H18BrN3O3/c21-14-3-1-13-10-18(23-17(13)11-14)20(26)22-7-8-27-15-4-5-16-12(9-15)2-6-19(25)24-16/h1,3-5,9-11,23H,2,6-8H2,(H,22,26)(H,24,25). The minimum absolute atomic E-state index is 0.0446. The van der Waals surface area contributed by atoms with Crippen LogP contribution in [0, 0.1) is 0 Å². The average Bonchev–Trinajstić information content (AvgIpc) is 3.08. The first kappa shape index (κ1) is 17.6. The molecule has 2 amide bonds. The van der Waals surface area contributed by atoms with Crippen molar-refractivity contribution in [3.63, 3.8) is 0 Å².